The van der Waals surface area contributed by atoms with Gasteiger partial charge in [0.2, 0.25) is 0 Å². The highest BCUT2D eigenvalue weighted by atomic mass is 32.1. The summed E-state index contributed by atoms with van der Waals surface area (Å²) in [4.78, 5) is 43.2. The Morgan fingerprint density at radius 2 is 2.05 bits per heavy atom. The number of hydrogen-bond donors (Lipinski definition) is 0. The van der Waals surface area contributed by atoms with Crippen LogP contribution in [0.4, 0.5) is 5.69 Å². The van der Waals surface area contributed by atoms with Gasteiger partial charge in [-0.05, 0) is 44.4 Å². The molecule has 0 aliphatic carbocycles. The van der Waals surface area contributed by atoms with Gasteiger partial charge in [0.1, 0.15) is 17.6 Å². The molecule has 0 spiro atoms. The molecule has 11 heteroatoms. The molecule has 3 aromatic heterocycles. The molecule has 4 heterocycles. The number of aromatic nitrogens is 1. The molecule has 0 N–H and O–H groups in total. The summed E-state index contributed by atoms with van der Waals surface area (Å²) < 4.78 is 13.1. The highest BCUT2D eigenvalue weighted by molar-refractivity contribution is 7.10. The van der Waals surface area contributed by atoms with Crippen LogP contribution in [-0.4, -0.2) is 22.1 Å². The Hall–Kier alpha value is -4.09. The second-order valence-corrected chi connectivity index (χ2v) is 10.2. The van der Waals surface area contributed by atoms with E-state index in [1.54, 1.807) is 51.1 Å². The number of ether oxygens (including phenoxy) is 1. The average Bonchev–Trinajstić information content (AvgIpc) is 3.60. The number of thiophene rings is 1. The lowest BCUT2D eigenvalue weighted by Gasteiger charge is -2.23. The molecule has 1 aliphatic rings. The molecule has 0 amide bonds. The van der Waals surface area contributed by atoms with Gasteiger partial charge in [-0.2, -0.15) is 0 Å². The van der Waals surface area contributed by atoms with E-state index in [-0.39, 0.29) is 17.9 Å². The molecule has 0 saturated carbocycles. The summed E-state index contributed by atoms with van der Waals surface area (Å²) >= 11 is 2.65. The molecule has 1 aliphatic heterocycles. The normalized spacial score (nSPS) is 15.4. The number of hydrogen-bond acceptors (Lipinski definition) is 9. The summed E-state index contributed by atoms with van der Waals surface area (Å²) in [6, 6.07) is 11.3. The second kappa shape index (κ2) is 9.75. The van der Waals surface area contributed by atoms with Crippen molar-refractivity contribution in [1.29, 1.82) is 0 Å². The molecule has 4 aromatic rings. The van der Waals surface area contributed by atoms with Crippen molar-refractivity contribution in [3.63, 3.8) is 0 Å². The number of fused-ring (bicyclic) bond motifs is 1. The zero-order valence-electron chi connectivity index (χ0n) is 20.1. The number of nitrogens with zero attached hydrogens (tertiary/aromatic N) is 3. The van der Waals surface area contributed by atoms with E-state index < -0.39 is 16.9 Å². The Morgan fingerprint density at radius 3 is 2.76 bits per heavy atom. The van der Waals surface area contributed by atoms with Crippen LogP contribution >= 0.6 is 22.7 Å². The van der Waals surface area contributed by atoms with E-state index in [9.17, 15) is 19.7 Å². The SMILES string of the molecule is CCOC(=O)C1=C(C)N=c2s/c(=C\c3ccc(-c4cccc([N+](=O)[O-])c4C)o3)c(=O)n2[C@@H]1c1cccs1. The minimum Gasteiger partial charge on any atom is -0.463 e. The fourth-order valence-corrected chi connectivity index (χ4v) is 6.15. The minimum absolute atomic E-state index is 0.00473. The van der Waals surface area contributed by atoms with Crippen LogP contribution in [-0.2, 0) is 9.53 Å². The Labute approximate surface area is 218 Å². The molecular weight excluding hydrogens is 514 g/mol. The molecule has 9 nitrogen and oxygen atoms in total. The highest BCUT2D eigenvalue weighted by Gasteiger charge is 2.33. The zero-order valence-corrected chi connectivity index (χ0v) is 21.7. The number of benzene rings is 1. The molecule has 188 valence electrons. The van der Waals surface area contributed by atoms with Crippen LogP contribution in [0.5, 0.6) is 0 Å². The van der Waals surface area contributed by atoms with Crippen molar-refractivity contribution in [2.45, 2.75) is 26.8 Å². The third kappa shape index (κ3) is 4.36. The maximum Gasteiger partial charge on any atom is 0.338 e. The fraction of sp³-hybridized carbons (Fsp3) is 0.192. The lowest BCUT2D eigenvalue weighted by molar-refractivity contribution is -0.385. The van der Waals surface area contributed by atoms with Gasteiger partial charge in [0.25, 0.3) is 11.2 Å². The van der Waals surface area contributed by atoms with Gasteiger partial charge in [-0.25, -0.2) is 9.79 Å². The second-order valence-electron chi connectivity index (χ2n) is 8.23. The lowest BCUT2D eigenvalue weighted by Crippen LogP contribution is -2.39. The van der Waals surface area contributed by atoms with Crippen LogP contribution in [0.3, 0.4) is 0 Å². The summed E-state index contributed by atoms with van der Waals surface area (Å²) in [7, 11) is 0. The van der Waals surface area contributed by atoms with E-state index >= 15 is 0 Å². The topological polar surface area (TPSA) is 117 Å². The summed E-state index contributed by atoms with van der Waals surface area (Å²) in [6.07, 6.45) is 1.62. The maximum atomic E-state index is 13.6. The number of furan rings is 1. The number of esters is 1. The highest BCUT2D eigenvalue weighted by Crippen LogP contribution is 2.33. The van der Waals surface area contributed by atoms with Gasteiger partial charge >= 0.3 is 5.97 Å². The van der Waals surface area contributed by atoms with E-state index in [4.69, 9.17) is 9.15 Å². The number of carbonyl (C=O) groups excluding carboxylic acids is 1. The first-order valence-corrected chi connectivity index (χ1v) is 13.1. The Bertz CT molecular complexity index is 1740. The monoisotopic (exact) mass is 535 g/mol. The van der Waals surface area contributed by atoms with Crippen molar-refractivity contribution in [2.75, 3.05) is 6.61 Å². The number of nitro benzene ring substituents is 1. The van der Waals surface area contributed by atoms with Crippen molar-refractivity contribution in [1.82, 2.24) is 4.57 Å². The first kappa shape index (κ1) is 24.6. The molecule has 1 aromatic carbocycles. The van der Waals surface area contributed by atoms with Gasteiger partial charge < -0.3 is 9.15 Å². The van der Waals surface area contributed by atoms with Crippen molar-refractivity contribution in [3.8, 4) is 11.3 Å². The predicted octanol–water partition coefficient (Wildman–Crippen LogP) is 4.34. The molecular formula is C26H21N3O6S2. The van der Waals surface area contributed by atoms with Crippen LogP contribution in [0.1, 0.15) is 36.1 Å². The summed E-state index contributed by atoms with van der Waals surface area (Å²) in [5, 5.41) is 13.2. The van der Waals surface area contributed by atoms with E-state index in [2.05, 4.69) is 4.99 Å². The van der Waals surface area contributed by atoms with Crippen molar-refractivity contribution in [3.05, 3.63) is 105 Å². The Kier molecular flexibility index (Phi) is 6.48. The van der Waals surface area contributed by atoms with Gasteiger partial charge in [-0.3, -0.25) is 19.5 Å². The summed E-state index contributed by atoms with van der Waals surface area (Å²) in [5.74, 6) is 0.372. The smallest absolute Gasteiger partial charge is 0.338 e. The standard InChI is InChI=1S/C26H21N3O6S2/c1-4-34-25(31)22-15(3)27-26-28(23(22)20-9-6-12-36-20)24(30)21(37-26)13-16-10-11-19(35-16)17-7-5-8-18(14(17)2)29(32)33/h5-13,23H,4H2,1-3H3/b21-13-/t23-/m1/s1. The van der Waals surface area contributed by atoms with Crippen LogP contribution < -0.4 is 14.9 Å². The van der Waals surface area contributed by atoms with Crippen LogP contribution in [0, 0.1) is 17.0 Å². The van der Waals surface area contributed by atoms with Crippen LogP contribution in [0.25, 0.3) is 17.4 Å². The number of allylic oxidation sites excluding steroid dienone is 1. The third-order valence-corrected chi connectivity index (χ3v) is 7.90. The quantitative estimate of drug-likeness (QED) is 0.206. The van der Waals surface area contributed by atoms with Gasteiger partial charge in [-0.1, -0.05) is 29.5 Å². The molecule has 1 atom stereocenters. The Balaban J connectivity index is 1.61. The van der Waals surface area contributed by atoms with Crippen LogP contribution in [0.2, 0.25) is 0 Å². The third-order valence-electron chi connectivity index (χ3n) is 6.00. The Morgan fingerprint density at radius 1 is 1.24 bits per heavy atom. The van der Waals surface area contributed by atoms with E-state index in [1.807, 2.05) is 17.5 Å². The number of nitro groups is 1. The van der Waals surface area contributed by atoms with Gasteiger partial charge in [0.15, 0.2) is 4.80 Å². The van der Waals surface area contributed by atoms with Crippen molar-refractivity contribution >= 4 is 40.4 Å². The first-order chi connectivity index (χ1) is 17.8. The molecule has 0 fully saturated rings. The van der Waals surface area contributed by atoms with Gasteiger partial charge in [0.05, 0.1) is 27.3 Å². The number of thiazole rings is 1. The molecule has 0 unspecified atom stereocenters. The maximum absolute atomic E-state index is 13.6. The lowest BCUT2D eigenvalue weighted by atomic mass is 10.0. The summed E-state index contributed by atoms with van der Waals surface area (Å²) in [6.45, 7) is 5.35. The number of carbonyl (C=O) groups is 1. The van der Waals surface area contributed by atoms with E-state index in [0.29, 0.717) is 43.3 Å². The van der Waals surface area contributed by atoms with Gasteiger partial charge in [-0.15, -0.1) is 11.3 Å². The van der Waals surface area contributed by atoms with E-state index in [0.717, 1.165) is 4.88 Å². The molecule has 0 bridgehead atoms. The first-order valence-electron chi connectivity index (χ1n) is 11.4. The molecule has 0 saturated heterocycles. The minimum atomic E-state index is -0.642. The predicted molar refractivity (Wildman–Crippen MR) is 140 cm³/mol. The molecule has 5 rings (SSSR count). The van der Waals surface area contributed by atoms with Gasteiger partial charge in [0, 0.05) is 28.1 Å². The number of rotatable bonds is 6. The molecule has 37 heavy (non-hydrogen) atoms. The van der Waals surface area contributed by atoms with Crippen LogP contribution in [0.15, 0.2) is 73.3 Å². The fourth-order valence-electron chi connectivity index (χ4n) is 4.30. The largest absolute Gasteiger partial charge is 0.463 e. The average molecular weight is 536 g/mol. The van der Waals surface area contributed by atoms with Crippen molar-refractivity contribution in [2.24, 2.45) is 4.99 Å². The van der Waals surface area contributed by atoms with E-state index in [1.165, 1.54) is 33.3 Å². The zero-order chi connectivity index (χ0) is 26.3. The summed E-state index contributed by atoms with van der Waals surface area (Å²) in [5.41, 5.74) is 1.63. The van der Waals surface area contributed by atoms with Crippen molar-refractivity contribution < 1.29 is 18.9 Å². The molecule has 0 radical (unpaired) electrons.